The molecule has 1 aromatic carbocycles. The Bertz CT molecular complexity index is 672. The van der Waals surface area contributed by atoms with Gasteiger partial charge in [0.05, 0.1) is 5.02 Å². The average Bonchev–Trinajstić information content (AvgIpc) is 2.55. The summed E-state index contributed by atoms with van der Waals surface area (Å²) >= 11 is 5.77. The molecule has 120 valence electrons. The maximum Gasteiger partial charge on any atom is 0.251 e. The molecule has 2 amide bonds. The summed E-state index contributed by atoms with van der Waals surface area (Å²) in [5.74, 6) is -0.295. The molecule has 0 aliphatic heterocycles. The van der Waals surface area contributed by atoms with E-state index in [1.54, 1.807) is 36.4 Å². The van der Waals surface area contributed by atoms with Crippen LogP contribution in [0.15, 0.2) is 48.7 Å². The smallest absolute Gasteiger partial charge is 0.251 e. The number of halogens is 1. The fourth-order valence-electron chi connectivity index (χ4n) is 2.00. The van der Waals surface area contributed by atoms with Crippen molar-refractivity contribution < 1.29 is 9.59 Å². The Morgan fingerprint density at radius 1 is 1.09 bits per heavy atom. The van der Waals surface area contributed by atoms with Crippen molar-refractivity contribution in [2.75, 3.05) is 5.32 Å². The van der Waals surface area contributed by atoms with Crippen LogP contribution in [0.25, 0.3) is 0 Å². The number of pyridine rings is 1. The van der Waals surface area contributed by atoms with E-state index in [0.717, 1.165) is 0 Å². The third-order valence-corrected chi connectivity index (χ3v) is 3.47. The molecule has 0 bridgehead atoms. The standard InChI is InChI=1S/C17H18ClN3O2/c1-11(2)15(21-16(22)12-6-4-3-5-7-12)17(23)20-14-9-8-13(18)10-19-14/h3-11,15H,1-2H3,(H,21,22)(H,19,20,23). The van der Waals surface area contributed by atoms with Gasteiger partial charge < -0.3 is 10.6 Å². The molecule has 0 radical (unpaired) electrons. The van der Waals surface area contributed by atoms with Crippen LogP contribution in [0.3, 0.4) is 0 Å². The number of hydrogen-bond donors (Lipinski definition) is 2. The molecule has 0 spiro atoms. The molecule has 0 saturated carbocycles. The largest absolute Gasteiger partial charge is 0.340 e. The molecule has 5 nitrogen and oxygen atoms in total. The molecule has 0 fully saturated rings. The van der Waals surface area contributed by atoms with Crippen molar-refractivity contribution in [1.82, 2.24) is 10.3 Å². The van der Waals surface area contributed by atoms with Crippen molar-refractivity contribution in [3.63, 3.8) is 0 Å². The lowest BCUT2D eigenvalue weighted by atomic mass is 10.0. The van der Waals surface area contributed by atoms with Crippen molar-refractivity contribution >= 4 is 29.2 Å². The van der Waals surface area contributed by atoms with Crippen molar-refractivity contribution in [2.45, 2.75) is 19.9 Å². The highest BCUT2D eigenvalue weighted by molar-refractivity contribution is 6.30. The topological polar surface area (TPSA) is 71.1 Å². The number of hydrogen-bond acceptors (Lipinski definition) is 3. The molecule has 1 atom stereocenters. The molecule has 2 N–H and O–H groups in total. The Morgan fingerprint density at radius 3 is 2.35 bits per heavy atom. The van der Waals surface area contributed by atoms with E-state index in [4.69, 9.17) is 11.6 Å². The predicted octanol–water partition coefficient (Wildman–Crippen LogP) is 3.13. The molecule has 23 heavy (non-hydrogen) atoms. The lowest BCUT2D eigenvalue weighted by molar-refractivity contribution is -0.118. The monoisotopic (exact) mass is 331 g/mol. The van der Waals surface area contributed by atoms with Gasteiger partial charge in [0.25, 0.3) is 5.91 Å². The molecule has 0 aliphatic rings. The number of nitrogens with zero attached hydrogens (tertiary/aromatic N) is 1. The van der Waals surface area contributed by atoms with Crippen molar-refractivity contribution in [3.05, 3.63) is 59.2 Å². The molecule has 0 saturated heterocycles. The third-order valence-electron chi connectivity index (χ3n) is 3.25. The highest BCUT2D eigenvalue weighted by atomic mass is 35.5. The number of amides is 2. The number of benzene rings is 1. The van der Waals surface area contributed by atoms with Crippen molar-refractivity contribution in [1.29, 1.82) is 0 Å². The summed E-state index contributed by atoms with van der Waals surface area (Å²) in [6.07, 6.45) is 1.45. The van der Waals surface area contributed by atoms with Crippen LogP contribution in [0.4, 0.5) is 5.82 Å². The van der Waals surface area contributed by atoms with Gasteiger partial charge in [-0.3, -0.25) is 9.59 Å². The van der Waals surface area contributed by atoms with E-state index in [9.17, 15) is 9.59 Å². The average molecular weight is 332 g/mol. The Kier molecular flexibility index (Phi) is 5.71. The van der Waals surface area contributed by atoms with Gasteiger partial charge >= 0.3 is 0 Å². The van der Waals surface area contributed by atoms with E-state index in [2.05, 4.69) is 15.6 Å². The van der Waals surface area contributed by atoms with E-state index in [1.807, 2.05) is 19.9 Å². The summed E-state index contributed by atoms with van der Waals surface area (Å²) in [6.45, 7) is 3.73. The summed E-state index contributed by atoms with van der Waals surface area (Å²) in [7, 11) is 0. The number of carbonyl (C=O) groups excluding carboxylic acids is 2. The zero-order valence-corrected chi connectivity index (χ0v) is 13.7. The fourth-order valence-corrected chi connectivity index (χ4v) is 2.11. The van der Waals surface area contributed by atoms with Crippen LogP contribution in [0, 0.1) is 5.92 Å². The number of carbonyl (C=O) groups is 2. The molecule has 1 aromatic heterocycles. The van der Waals surface area contributed by atoms with E-state index in [-0.39, 0.29) is 17.7 Å². The second kappa shape index (κ2) is 7.74. The highest BCUT2D eigenvalue weighted by Crippen LogP contribution is 2.12. The zero-order valence-electron chi connectivity index (χ0n) is 12.9. The highest BCUT2D eigenvalue weighted by Gasteiger charge is 2.25. The van der Waals surface area contributed by atoms with Gasteiger partial charge in [-0.25, -0.2) is 4.98 Å². The molecular formula is C17H18ClN3O2. The first-order valence-corrected chi connectivity index (χ1v) is 7.63. The number of nitrogens with one attached hydrogen (secondary N) is 2. The molecular weight excluding hydrogens is 314 g/mol. The van der Waals surface area contributed by atoms with Gasteiger partial charge in [0.1, 0.15) is 11.9 Å². The minimum absolute atomic E-state index is 0.0741. The number of rotatable bonds is 5. The number of anilines is 1. The number of aromatic nitrogens is 1. The van der Waals surface area contributed by atoms with Gasteiger partial charge in [0.15, 0.2) is 0 Å². The second-order valence-electron chi connectivity index (χ2n) is 5.41. The van der Waals surface area contributed by atoms with Gasteiger partial charge in [-0.05, 0) is 30.2 Å². The Hall–Kier alpha value is -2.40. The van der Waals surface area contributed by atoms with E-state index in [0.29, 0.717) is 16.4 Å². The maximum atomic E-state index is 12.4. The van der Waals surface area contributed by atoms with Crippen LogP contribution < -0.4 is 10.6 Å². The first kappa shape index (κ1) is 17.0. The molecule has 0 aliphatic carbocycles. The predicted molar refractivity (Wildman–Crippen MR) is 90.4 cm³/mol. The summed E-state index contributed by atoms with van der Waals surface area (Å²) in [4.78, 5) is 28.7. The van der Waals surface area contributed by atoms with Crippen LogP contribution in [0.2, 0.25) is 5.02 Å². The molecule has 2 rings (SSSR count). The van der Waals surface area contributed by atoms with Gasteiger partial charge in [0, 0.05) is 11.8 Å². The third kappa shape index (κ3) is 4.79. The van der Waals surface area contributed by atoms with Gasteiger partial charge in [-0.15, -0.1) is 0 Å². The fraction of sp³-hybridized carbons (Fsp3) is 0.235. The van der Waals surface area contributed by atoms with Gasteiger partial charge in [-0.2, -0.15) is 0 Å². The van der Waals surface area contributed by atoms with Crippen LogP contribution in [-0.2, 0) is 4.79 Å². The van der Waals surface area contributed by atoms with Crippen molar-refractivity contribution in [3.8, 4) is 0 Å². The van der Waals surface area contributed by atoms with Gasteiger partial charge in [0.2, 0.25) is 5.91 Å². The van der Waals surface area contributed by atoms with Crippen LogP contribution in [0.1, 0.15) is 24.2 Å². The van der Waals surface area contributed by atoms with Crippen molar-refractivity contribution in [2.24, 2.45) is 5.92 Å². The minimum Gasteiger partial charge on any atom is -0.340 e. The van der Waals surface area contributed by atoms with Crippen LogP contribution in [0.5, 0.6) is 0 Å². The van der Waals surface area contributed by atoms with E-state index >= 15 is 0 Å². The van der Waals surface area contributed by atoms with E-state index < -0.39 is 6.04 Å². The Labute approximate surface area is 140 Å². The summed E-state index contributed by atoms with van der Waals surface area (Å²) in [6, 6.07) is 11.4. The second-order valence-corrected chi connectivity index (χ2v) is 5.85. The summed E-state index contributed by atoms with van der Waals surface area (Å²) in [5.41, 5.74) is 0.510. The SMILES string of the molecule is CC(C)C(NC(=O)c1ccccc1)C(=O)Nc1ccc(Cl)cn1. The lowest BCUT2D eigenvalue weighted by Crippen LogP contribution is -2.47. The maximum absolute atomic E-state index is 12.4. The Morgan fingerprint density at radius 2 is 1.78 bits per heavy atom. The molecule has 1 heterocycles. The van der Waals surface area contributed by atoms with Gasteiger partial charge in [-0.1, -0.05) is 43.6 Å². The minimum atomic E-state index is -0.666. The molecule has 2 aromatic rings. The Balaban J connectivity index is 2.07. The normalized spacial score (nSPS) is 11.8. The molecule has 1 unspecified atom stereocenters. The molecule has 6 heteroatoms. The zero-order chi connectivity index (χ0) is 16.8. The lowest BCUT2D eigenvalue weighted by Gasteiger charge is -2.21. The van der Waals surface area contributed by atoms with E-state index in [1.165, 1.54) is 6.20 Å². The summed E-state index contributed by atoms with van der Waals surface area (Å²) < 4.78 is 0. The first-order valence-electron chi connectivity index (χ1n) is 7.25. The summed E-state index contributed by atoms with van der Waals surface area (Å²) in [5, 5.41) is 5.93. The van der Waals surface area contributed by atoms with Crippen LogP contribution in [-0.4, -0.2) is 22.8 Å². The quantitative estimate of drug-likeness (QED) is 0.884. The first-order chi connectivity index (χ1) is 11.0. The van der Waals surface area contributed by atoms with Crippen LogP contribution >= 0.6 is 11.6 Å².